The molecule has 30 nitrogen and oxygen atoms in total. The number of carbonyl (C=O) groups is 2. The van der Waals surface area contributed by atoms with Crippen molar-refractivity contribution >= 4 is 117 Å². The Kier molecular flexibility index (Phi) is 24.5. The molecular formula is C62H85ClN17O13PS3. The maximum absolute atomic E-state index is 13.6. The van der Waals surface area contributed by atoms with E-state index in [1.54, 1.807) is 98.4 Å². The number of nitrogens with two attached hydrogens (primary N) is 1. The average Bonchev–Trinajstić information content (AvgIpc) is 1.52. The predicted molar refractivity (Wildman–Crippen MR) is 375 cm³/mol. The van der Waals surface area contributed by atoms with Crippen molar-refractivity contribution in [3.63, 3.8) is 0 Å². The summed E-state index contributed by atoms with van der Waals surface area (Å²) in [5, 5.41) is 41.9. The van der Waals surface area contributed by atoms with E-state index in [9.17, 15) is 29.1 Å². The molecule has 2 aromatic carbocycles. The first-order valence-corrected chi connectivity index (χ1v) is 35.0. The van der Waals surface area contributed by atoms with Gasteiger partial charge in [0, 0.05) is 71.6 Å². The van der Waals surface area contributed by atoms with Crippen LogP contribution in [-0.4, -0.2) is 228 Å². The average molecular weight is 1450 g/mol. The lowest BCUT2D eigenvalue weighted by Crippen LogP contribution is -2.43. The Morgan fingerprint density at radius 3 is 1.74 bits per heavy atom. The van der Waals surface area contributed by atoms with Gasteiger partial charge in [-0.2, -0.15) is 0 Å². The van der Waals surface area contributed by atoms with E-state index in [-0.39, 0.29) is 87.0 Å². The number of nitrogen functional groups attached to an aromatic ring is 1. The van der Waals surface area contributed by atoms with Crippen molar-refractivity contribution in [2.75, 3.05) is 73.9 Å². The molecule has 6 saturated heterocycles. The van der Waals surface area contributed by atoms with E-state index in [1.165, 1.54) is 39.5 Å². The van der Waals surface area contributed by atoms with Gasteiger partial charge in [-0.3, -0.25) is 27.5 Å². The van der Waals surface area contributed by atoms with Crippen LogP contribution in [0.25, 0.3) is 38.3 Å². The number of aromatic nitrogens is 12. The standard InChI is InChI=1S/C27H34N7O5PS.C18H17N5O3S.C11H13N5O3S.C2H6.CH3Cl.2CH4O.CH4/c1-17(2)34(18(3)4)40(37-13-12-28-6)39-22-21-26(38-27(22,5)14-41(21)36)33-16-31-20-23(29-15-30-24(20)33)32-25(35)19-10-8-7-9-11-19;1-18-7-27-12(13(18)24)17(26-18)23-9-21-11-14(19-8-20-15(11)23)22-16(25)10-5-3-2-4-6-10;12-8-5-9(14-3-13-8)16(4-15-5)10-6-7(18)11(1-17,19-10)2-20-6;4*1-2;/h7-11,15-18,21-22,26H,12-14H2,1-5H3,(H,29,30,32,35);2-6,8-9,12-13,17,24H,7H2,1H3,(H,19,20,22,25);3-4,6-7,10,17-18H,1-2H2,(H2,12,13,14);1-2H3;1H3;2*2H,1H3;1H4/t21-,22+,26-,27+,40?,41?;12-,13+,17-,18+;6-,7+,10-,11+;;;;;/m111...../s1/i5D;1D;;;1TD;2*2T;. The maximum atomic E-state index is 13.6. The molecule has 6 aliphatic heterocycles. The zero-order valence-corrected chi connectivity index (χ0v) is 57.7. The summed E-state index contributed by atoms with van der Waals surface area (Å²) >= 11 is 7.79. The number of hydrogen-bond acceptors (Lipinski definition) is 26. The number of rotatable bonds is 16. The van der Waals surface area contributed by atoms with Crippen LogP contribution in [0.4, 0.5) is 17.5 Å². The van der Waals surface area contributed by atoms with Gasteiger partial charge in [-0.25, -0.2) is 56.1 Å². The summed E-state index contributed by atoms with van der Waals surface area (Å²) in [4.78, 5) is 66.9. The number of imidazole rings is 3. The lowest BCUT2D eigenvalue weighted by atomic mass is 10.0. The third kappa shape index (κ3) is 15.7. The third-order valence-corrected chi connectivity index (χ3v) is 22.8. The molecule has 0 spiro atoms. The van der Waals surface area contributed by atoms with E-state index in [0.29, 0.717) is 67.8 Å². The summed E-state index contributed by atoms with van der Waals surface area (Å²) in [5.41, 5.74) is 6.64. The maximum Gasteiger partial charge on any atom is 0.259 e. The molecule has 9 N–H and O–H groups in total. The van der Waals surface area contributed by atoms with Crippen LogP contribution in [0.1, 0.15) is 108 Å². The predicted octanol–water partition coefficient (Wildman–Crippen LogP) is 6.89. The molecule has 8 aromatic rings. The van der Waals surface area contributed by atoms with Crippen LogP contribution in [-0.2, 0) is 34.1 Å². The number of nitrogens with one attached hydrogen (secondary N) is 2. The van der Waals surface area contributed by atoms with E-state index in [1.807, 2.05) is 53.7 Å². The normalized spacial score (nSPS) is 28.1. The number of aliphatic hydroxyl groups is 5. The highest BCUT2D eigenvalue weighted by molar-refractivity contribution is 8.00. The van der Waals surface area contributed by atoms with Gasteiger partial charge in [-0.15, -0.1) is 35.1 Å². The molecule has 6 aliphatic rings. The molecule has 35 heteroatoms. The van der Waals surface area contributed by atoms with Gasteiger partial charge in [-0.05, 0) is 65.8 Å². The fraction of sp³-hybridized carbons (Fsp3) is 0.516. The highest BCUT2D eigenvalue weighted by Crippen LogP contribution is 2.57. The smallest absolute Gasteiger partial charge is 0.259 e. The number of benzene rings is 2. The van der Waals surface area contributed by atoms with Gasteiger partial charge in [0.25, 0.3) is 20.3 Å². The Morgan fingerprint density at radius 1 is 0.794 bits per heavy atom. The molecule has 0 radical (unpaired) electrons. The first-order valence-electron chi connectivity index (χ1n) is 33.3. The number of amides is 2. The summed E-state index contributed by atoms with van der Waals surface area (Å²) in [6, 6.07) is 17.8. The number of halogens is 1. The van der Waals surface area contributed by atoms with Crippen LogP contribution in [0.3, 0.4) is 0 Å². The molecule has 6 aromatic heterocycles. The minimum Gasteiger partial charge on any atom is -0.400 e. The molecule has 15 atom stereocenters. The molecule has 12 heterocycles. The van der Waals surface area contributed by atoms with Crippen molar-refractivity contribution in [3.8, 4) is 0 Å². The highest BCUT2D eigenvalue weighted by Gasteiger charge is 2.65. The molecule has 97 heavy (non-hydrogen) atoms. The van der Waals surface area contributed by atoms with E-state index in [0.717, 1.165) is 0 Å². The number of ether oxygens (including phenoxy) is 3. The first kappa shape index (κ1) is 69.0. The van der Waals surface area contributed by atoms with Crippen molar-refractivity contribution in [1.82, 2.24) is 63.2 Å². The lowest BCUT2D eigenvalue weighted by Gasteiger charge is -2.38. The number of carbonyl (C=O) groups excluding carboxylic acids is 2. The zero-order chi connectivity index (χ0) is 74.2. The minimum absolute atomic E-state index is 0. The Hall–Kier alpha value is -6.55. The van der Waals surface area contributed by atoms with Gasteiger partial charge in [0.2, 0.25) is 9.41 Å². The lowest BCUT2D eigenvalue weighted by molar-refractivity contribution is -0.112. The Labute approximate surface area is 588 Å². The second-order valence-corrected chi connectivity index (χ2v) is 27.5. The number of aliphatic hydroxyl groups excluding tert-OH is 5. The van der Waals surface area contributed by atoms with Crippen LogP contribution in [0.5, 0.6) is 0 Å². The van der Waals surface area contributed by atoms with Crippen LogP contribution >= 0.6 is 43.7 Å². The molecule has 0 saturated carbocycles. The fourth-order valence-electron chi connectivity index (χ4n) is 11.5. The van der Waals surface area contributed by atoms with E-state index < -0.39 is 84.7 Å². The molecule has 3 unspecified atom stereocenters. The Morgan fingerprint density at radius 2 is 1.26 bits per heavy atom. The molecule has 14 rings (SSSR count). The highest BCUT2D eigenvalue weighted by atomic mass is 35.5. The summed E-state index contributed by atoms with van der Waals surface area (Å²) in [6.07, 6.45) is 3.75. The van der Waals surface area contributed by atoms with E-state index in [4.69, 9.17) is 43.9 Å². The number of fused-ring (bicyclic) bond motifs is 9. The molecule has 0 aliphatic carbocycles. The minimum atomic E-state index is -1.65. The quantitative estimate of drug-likeness (QED) is 0.0211. The largest absolute Gasteiger partial charge is 0.400 e. The number of alkyl halides is 1. The van der Waals surface area contributed by atoms with Crippen LogP contribution in [0, 0.1) is 6.57 Å². The molecule has 526 valence electrons. The van der Waals surface area contributed by atoms with Crippen LogP contribution in [0.15, 0.2) is 98.6 Å². The van der Waals surface area contributed by atoms with Gasteiger partial charge in [-0.1, -0.05) is 57.7 Å². The second kappa shape index (κ2) is 34.5. The van der Waals surface area contributed by atoms with Crippen LogP contribution in [0.2, 0.25) is 0 Å². The molecule has 2 amide bonds. The monoisotopic (exact) mass is 1450 g/mol. The molecule has 6 bridgehead atoms. The summed E-state index contributed by atoms with van der Waals surface area (Å²) < 4.78 is 91.7. The second-order valence-electron chi connectivity index (χ2n) is 22.2. The van der Waals surface area contributed by atoms with E-state index in [2.05, 4.69) is 86.8 Å². The fourth-order valence-corrected chi connectivity index (χ4v) is 18.4. The first-order chi connectivity index (χ1) is 49.0. The zero-order valence-electron chi connectivity index (χ0n) is 59.6. The number of nitrogens with zero attached hydrogens (tertiary/aromatic N) is 14. The van der Waals surface area contributed by atoms with Crippen molar-refractivity contribution in [3.05, 3.63) is 121 Å². The van der Waals surface area contributed by atoms with Gasteiger partial charge in [0.05, 0.1) is 47.9 Å². The van der Waals surface area contributed by atoms with Crippen molar-refractivity contribution in [1.29, 1.82) is 2.86 Å². The van der Waals surface area contributed by atoms with Gasteiger partial charge >= 0.3 is 0 Å². The van der Waals surface area contributed by atoms with Crippen LogP contribution < -0.4 is 16.4 Å². The number of thioether (sulfide) groups is 2. The summed E-state index contributed by atoms with van der Waals surface area (Å²) in [6.45, 7) is 19.3. The third-order valence-electron chi connectivity index (χ3n) is 15.7. The number of hydrogen-bond donors (Lipinski definition) is 8. The Balaban J connectivity index is 0.000000210. The van der Waals surface area contributed by atoms with Crippen molar-refractivity contribution < 1.29 is 68.1 Å². The summed E-state index contributed by atoms with van der Waals surface area (Å²) in [5.74, 6) is 1.57. The topological polar surface area (TPSA) is 387 Å². The summed E-state index contributed by atoms with van der Waals surface area (Å²) in [7, 11) is -0.446. The Bertz CT molecular complexity index is 4110. The number of anilines is 3. The molecule has 6 fully saturated rings. The van der Waals surface area contributed by atoms with Crippen molar-refractivity contribution in [2.24, 2.45) is 0 Å². The van der Waals surface area contributed by atoms with Gasteiger partial charge < -0.3 is 70.0 Å². The molecular weight excluding hydrogens is 1350 g/mol. The SMILES string of the molecule is C.CC.Nc1ncnc2c1ncn2[C@@H]1O[C@@]2(CO)CS[C@@H]1[C@@H]2O.[2H]C([3H])Cl.[2H]C[C@@]12CS(=O)[C@@H]([C@H](n3cnc4c(NC(=O)c5ccccc5)ncnc43)O1)[C@@H]2OP(OCC[N+]#[C-])N(C(C)C)C(C)C.[2H]C[C@@]12CS[C@@H]([C@H](n3cnc4c(NC(=O)c5ccccc5)ncnc43)O1)[C@@H]2O.[3H]OC.[3H]OC. The van der Waals surface area contributed by atoms with Crippen molar-refractivity contribution in [2.45, 2.75) is 144 Å². The van der Waals surface area contributed by atoms with Gasteiger partial charge in [0.15, 0.2) is 64.1 Å². The van der Waals surface area contributed by atoms with E-state index >= 15 is 0 Å². The van der Waals surface area contributed by atoms with Gasteiger partial charge in [0.1, 0.15) is 65.4 Å².